The molecule has 8 heteroatoms. The van der Waals surface area contributed by atoms with Crippen LogP contribution in [0, 0.1) is 6.92 Å². The van der Waals surface area contributed by atoms with Gasteiger partial charge in [0.05, 0.1) is 16.6 Å². The van der Waals surface area contributed by atoms with Crippen LogP contribution in [0.15, 0.2) is 23.2 Å². The van der Waals surface area contributed by atoms with Gasteiger partial charge in [-0.05, 0) is 59.1 Å². The molecule has 0 atom stereocenters. The van der Waals surface area contributed by atoms with Crippen molar-refractivity contribution in [3.05, 3.63) is 45.1 Å². The number of hydrogen-bond acceptors (Lipinski definition) is 5. The quantitative estimate of drug-likeness (QED) is 0.559. The Labute approximate surface area is 205 Å². The summed E-state index contributed by atoms with van der Waals surface area (Å²) in [7, 11) is 0. The van der Waals surface area contributed by atoms with Gasteiger partial charge in [0.15, 0.2) is 0 Å². The summed E-state index contributed by atoms with van der Waals surface area (Å²) < 4.78 is 5.45. The van der Waals surface area contributed by atoms with Gasteiger partial charge in [-0.2, -0.15) is 0 Å². The second-order valence-corrected chi connectivity index (χ2v) is 10.8. The van der Waals surface area contributed by atoms with Gasteiger partial charge in [0.25, 0.3) is 0 Å². The molecule has 0 spiro atoms. The van der Waals surface area contributed by atoms with E-state index in [1.807, 2.05) is 46.0 Å². The molecular weight excluding hydrogens is 459 g/mol. The van der Waals surface area contributed by atoms with E-state index in [0.29, 0.717) is 16.6 Å². The molecule has 0 aliphatic carbocycles. The number of benzene rings is 1. The molecule has 2 aromatic rings. The number of alkyl carbamates (subject to hydrolysis) is 1. The fourth-order valence-electron chi connectivity index (χ4n) is 4.47. The van der Waals surface area contributed by atoms with Crippen LogP contribution in [0.2, 0.25) is 10.0 Å². The lowest BCUT2D eigenvalue weighted by molar-refractivity contribution is 0.0448. The Morgan fingerprint density at radius 2 is 1.91 bits per heavy atom. The number of piperidine rings is 1. The fraction of sp³-hybridized carbons (Fsp3) is 0.480. The summed E-state index contributed by atoms with van der Waals surface area (Å²) in [4.78, 5) is 24.1. The first-order valence-corrected chi connectivity index (χ1v) is 12.0. The number of nitrogens with zero attached hydrogens (tertiary/aromatic N) is 3. The number of anilines is 1. The number of carbonyl (C=O) groups is 1. The molecule has 1 saturated heterocycles. The minimum Gasteiger partial charge on any atom is -0.444 e. The smallest absolute Gasteiger partial charge is 0.408 e. The van der Waals surface area contributed by atoms with Gasteiger partial charge in [-0.25, -0.2) is 9.78 Å². The number of fused-ring (bicyclic) bond motifs is 1. The first-order valence-electron chi connectivity index (χ1n) is 11.2. The molecular formula is C25H30Cl2N4O2. The molecule has 2 aliphatic rings. The second-order valence-electron chi connectivity index (χ2n) is 10.0. The van der Waals surface area contributed by atoms with Crippen molar-refractivity contribution in [1.82, 2.24) is 10.3 Å². The van der Waals surface area contributed by atoms with E-state index in [-0.39, 0.29) is 11.6 Å². The predicted molar refractivity (Wildman–Crippen MR) is 135 cm³/mol. The Balaban J connectivity index is 1.58. The normalized spacial score (nSPS) is 17.1. The summed E-state index contributed by atoms with van der Waals surface area (Å²) in [5, 5.41) is 4.13. The highest BCUT2D eigenvalue weighted by molar-refractivity contribution is 6.43. The van der Waals surface area contributed by atoms with Crippen molar-refractivity contribution in [1.29, 1.82) is 0 Å². The van der Waals surface area contributed by atoms with E-state index in [2.05, 4.69) is 22.1 Å². The number of pyridine rings is 1. The molecule has 1 aromatic carbocycles. The number of ether oxygens (including phenoxy) is 1. The van der Waals surface area contributed by atoms with Gasteiger partial charge in [0, 0.05) is 47.2 Å². The maximum absolute atomic E-state index is 12.3. The van der Waals surface area contributed by atoms with E-state index in [0.717, 1.165) is 59.7 Å². The zero-order chi connectivity index (χ0) is 24.0. The summed E-state index contributed by atoms with van der Waals surface area (Å²) in [5.74, 6) is 0.935. The summed E-state index contributed by atoms with van der Waals surface area (Å²) in [5.41, 5.74) is 4.12. The van der Waals surface area contributed by atoms with Gasteiger partial charge >= 0.3 is 6.09 Å². The largest absolute Gasteiger partial charge is 0.444 e. The maximum Gasteiger partial charge on any atom is 0.408 e. The fourth-order valence-corrected chi connectivity index (χ4v) is 4.87. The first-order chi connectivity index (χ1) is 15.5. The molecule has 0 radical (unpaired) electrons. The topological polar surface area (TPSA) is 66.8 Å². The van der Waals surface area contributed by atoms with Crippen molar-refractivity contribution in [3.63, 3.8) is 0 Å². The Hall–Kier alpha value is -2.31. The van der Waals surface area contributed by atoms with Crippen LogP contribution < -0.4 is 10.2 Å². The van der Waals surface area contributed by atoms with Gasteiger partial charge in [-0.1, -0.05) is 35.3 Å². The molecule has 33 heavy (non-hydrogen) atoms. The number of halogens is 2. The lowest BCUT2D eigenvalue weighted by atomic mass is 9.89. The number of nitrogens with one attached hydrogen (secondary N) is 1. The highest BCUT2D eigenvalue weighted by atomic mass is 35.5. The summed E-state index contributed by atoms with van der Waals surface area (Å²) in [6.07, 6.45) is 3.12. The van der Waals surface area contributed by atoms with Crippen molar-refractivity contribution in [2.75, 3.05) is 18.0 Å². The molecule has 1 N–H and O–H groups in total. The number of aliphatic imine (C=N–C) groups is 1. The average molecular weight is 489 g/mol. The molecule has 4 rings (SSSR count). The van der Waals surface area contributed by atoms with Crippen molar-refractivity contribution >= 4 is 41.3 Å². The lowest BCUT2D eigenvalue weighted by Crippen LogP contribution is -2.54. The molecule has 3 heterocycles. The van der Waals surface area contributed by atoms with E-state index in [1.54, 1.807) is 6.07 Å². The molecule has 0 saturated carbocycles. The zero-order valence-electron chi connectivity index (χ0n) is 19.8. The third-order valence-corrected chi connectivity index (χ3v) is 6.98. The predicted octanol–water partition coefficient (Wildman–Crippen LogP) is 6.18. The van der Waals surface area contributed by atoms with Crippen LogP contribution in [-0.4, -0.2) is 41.5 Å². The van der Waals surface area contributed by atoms with Crippen molar-refractivity contribution in [2.45, 2.75) is 65.1 Å². The molecule has 1 amide bonds. The van der Waals surface area contributed by atoms with E-state index in [9.17, 15) is 4.79 Å². The lowest BCUT2D eigenvalue weighted by Gasteiger charge is -2.41. The minimum atomic E-state index is -0.518. The van der Waals surface area contributed by atoms with E-state index in [4.69, 9.17) is 32.9 Å². The number of aryl methyl sites for hydroxylation is 1. The first kappa shape index (κ1) is 23.8. The third kappa shape index (κ3) is 4.97. The molecule has 1 aromatic heterocycles. The number of carbonyl (C=O) groups excluding carboxylic acids is 1. The second kappa shape index (κ2) is 8.80. The van der Waals surface area contributed by atoms with Gasteiger partial charge in [0.2, 0.25) is 0 Å². The van der Waals surface area contributed by atoms with Crippen molar-refractivity contribution < 1.29 is 9.53 Å². The Morgan fingerprint density at radius 3 is 2.58 bits per heavy atom. The van der Waals surface area contributed by atoms with Crippen LogP contribution in [0.25, 0.3) is 11.1 Å². The summed E-state index contributed by atoms with van der Waals surface area (Å²) >= 11 is 12.8. The molecule has 2 aliphatic heterocycles. The van der Waals surface area contributed by atoms with Gasteiger partial charge < -0.3 is 15.0 Å². The Kier molecular flexibility index (Phi) is 6.36. The van der Waals surface area contributed by atoms with Crippen LogP contribution in [0.1, 0.15) is 57.4 Å². The monoisotopic (exact) mass is 488 g/mol. The van der Waals surface area contributed by atoms with Crippen molar-refractivity contribution in [2.24, 2.45) is 4.99 Å². The molecule has 0 unspecified atom stereocenters. The van der Waals surface area contributed by atoms with Gasteiger partial charge in [0.1, 0.15) is 11.4 Å². The molecule has 6 nitrogen and oxygen atoms in total. The van der Waals surface area contributed by atoms with Crippen LogP contribution in [0.3, 0.4) is 0 Å². The van der Waals surface area contributed by atoms with Gasteiger partial charge in [-0.15, -0.1) is 0 Å². The van der Waals surface area contributed by atoms with Gasteiger partial charge in [-0.3, -0.25) is 4.99 Å². The van der Waals surface area contributed by atoms with E-state index < -0.39 is 5.60 Å². The Bertz CT molecular complexity index is 1120. The minimum absolute atomic E-state index is 0.320. The molecule has 0 bridgehead atoms. The summed E-state index contributed by atoms with van der Waals surface area (Å²) in [6.45, 7) is 11.8. The number of aromatic nitrogens is 1. The van der Waals surface area contributed by atoms with Crippen LogP contribution in [-0.2, 0) is 11.3 Å². The standard InChI is InChI=1S/C25H30Cl2N4O2/c1-15-20(16-7-6-8-19(26)21(16)27)17-13-28-14-18(17)22(29-15)31-11-9-25(5,10-12-31)30-23(32)33-24(2,3)4/h6-8,14H,9-13H2,1-5H3,(H,30,32). The SMILES string of the molecule is Cc1nc(N2CCC(C)(NC(=O)OC(C)(C)C)CC2)c2c(c1-c1cccc(Cl)c1Cl)CN=C2. The summed E-state index contributed by atoms with van der Waals surface area (Å²) in [6, 6.07) is 5.67. The van der Waals surface area contributed by atoms with Crippen LogP contribution >= 0.6 is 23.2 Å². The van der Waals surface area contributed by atoms with Crippen LogP contribution in [0.4, 0.5) is 10.6 Å². The Morgan fingerprint density at radius 1 is 1.21 bits per heavy atom. The number of hydrogen-bond donors (Lipinski definition) is 1. The highest BCUT2D eigenvalue weighted by Crippen LogP contribution is 2.41. The maximum atomic E-state index is 12.3. The third-order valence-electron chi connectivity index (χ3n) is 6.16. The number of amides is 1. The average Bonchev–Trinajstić information content (AvgIpc) is 3.18. The molecule has 1 fully saturated rings. The zero-order valence-corrected chi connectivity index (χ0v) is 21.3. The van der Waals surface area contributed by atoms with Crippen molar-refractivity contribution in [3.8, 4) is 11.1 Å². The van der Waals surface area contributed by atoms with E-state index >= 15 is 0 Å². The number of rotatable bonds is 3. The van der Waals surface area contributed by atoms with Crippen LogP contribution in [0.5, 0.6) is 0 Å². The highest BCUT2D eigenvalue weighted by Gasteiger charge is 2.35. The molecule has 176 valence electrons. The van der Waals surface area contributed by atoms with E-state index in [1.165, 1.54) is 0 Å².